The molecule has 3 atom stereocenters. The molecule has 1 aromatic rings. The molecule has 0 unspecified atom stereocenters. The lowest BCUT2D eigenvalue weighted by molar-refractivity contribution is 0.260. The quantitative estimate of drug-likeness (QED) is 0.876. The monoisotopic (exact) mass is 313 g/mol. The summed E-state index contributed by atoms with van der Waals surface area (Å²) in [5.74, 6) is 2.75. The van der Waals surface area contributed by atoms with Crippen molar-refractivity contribution in [2.75, 3.05) is 16.8 Å². The fraction of sp³-hybridized carbons (Fsp3) is 0.800. The van der Waals surface area contributed by atoms with Crippen molar-refractivity contribution in [2.24, 2.45) is 11.8 Å². The van der Waals surface area contributed by atoms with Gasteiger partial charge in [-0.15, -0.1) is 0 Å². The number of hydrogen-bond donors (Lipinski definition) is 1. The van der Waals surface area contributed by atoms with Crippen LogP contribution < -0.4 is 5.32 Å². The Morgan fingerprint density at radius 3 is 2.76 bits per heavy atom. The Hall–Kier alpha value is -1.04. The van der Waals surface area contributed by atoms with Gasteiger partial charge in [0.1, 0.15) is 5.82 Å². The van der Waals surface area contributed by atoms with Gasteiger partial charge in [-0.25, -0.2) is 8.42 Å². The molecular weight excluding hydrogens is 286 g/mol. The minimum absolute atomic E-state index is 0.155. The van der Waals surface area contributed by atoms with Gasteiger partial charge < -0.3 is 5.32 Å². The first kappa shape index (κ1) is 16.3. The molecule has 0 aromatic carbocycles. The zero-order valence-electron chi connectivity index (χ0n) is 13.2. The van der Waals surface area contributed by atoms with Crippen LogP contribution in [0.2, 0.25) is 0 Å². The molecule has 120 valence electrons. The van der Waals surface area contributed by atoms with E-state index in [0.717, 1.165) is 17.7 Å². The van der Waals surface area contributed by atoms with E-state index < -0.39 is 9.84 Å². The lowest BCUT2D eigenvalue weighted by Crippen LogP contribution is -2.30. The predicted octanol–water partition coefficient (Wildman–Crippen LogP) is 2.55. The highest BCUT2D eigenvalue weighted by Gasteiger charge is 2.24. The Labute approximate surface area is 128 Å². The standard InChI is InChI=1S/C15H27N3O2S/c1-4-21(19,20)10-9-18-8-7-15(17-18)16-14-6-5-12(2)13(3)11-14/h7-8,12-14H,4-6,9-11H2,1-3H3,(H,16,17)/t12-,13-,14+/m0/s1. The fourth-order valence-corrected chi connectivity index (χ4v) is 3.58. The van der Waals surface area contributed by atoms with Crippen molar-refractivity contribution < 1.29 is 8.42 Å². The second kappa shape index (κ2) is 6.81. The summed E-state index contributed by atoms with van der Waals surface area (Å²) in [6, 6.07) is 2.42. The van der Waals surface area contributed by atoms with Gasteiger partial charge in [-0.2, -0.15) is 5.10 Å². The van der Waals surface area contributed by atoms with Gasteiger partial charge in [-0.1, -0.05) is 20.8 Å². The predicted molar refractivity (Wildman–Crippen MR) is 86.1 cm³/mol. The van der Waals surface area contributed by atoms with Crippen molar-refractivity contribution >= 4 is 15.7 Å². The highest BCUT2D eigenvalue weighted by molar-refractivity contribution is 7.91. The smallest absolute Gasteiger partial charge is 0.151 e. The molecular formula is C15H27N3O2S. The van der Waals surface area contributed by atoms with Gasteiger partial charge in [0, 0.05) is 24.1 Å². The average Bonchev–Trinajstić information content (AvgIpc) is 2.89. The molecule has 1 N–H and O–H groups in total. The third kappa shape index (κ3) is 4.73. The molecule has 1 aliphatic carbocycles. The Kier molecular flexibility index (Phi) is 5.30. The van der Waals surface area contributed by atoms with Crippen LogP contribution in [0, 0.1) is 11.8 Å². The molecule has 1 heterocycles. The Balaban J connectivity index is 1.86. The minimum atomic E-state index is -2.93. The van der Waals surface area contributed by atoms with Crippen LogP contribution in [0.3, 0.4) is 0 Å². The van der Waals surface area contributed by atoms with Crippen LogP contribution in [0.1, 0.15) is 40.0 Å². The number of nitrogens with zero attached hydrogens (tertiary/aromatic N) is 2. The largest absolute Gasteiger partial charge is 0.366 e. The summed E-state index contributed by atoms with van der Waals surface area (Å²) in [4.78, 5) is 0. The van der Waals surface area contributed by atoms with E-state index >= 15 is 0 Å². The fourth-order valence-electron chi connectivity index (χ4n) is 2.83. The maximum Gasteiger partial charge on any atom is 0.151 e. The van der Waals surface area contributed by atoms with E-state index in [9.17, 15) is 8.42 Å². The van der Waals surface area contributed by atoms with E-state index in [1.165, 1.54) is 19.3 Å². The summed E-state index contributed by atoms with van der Waals surface area (Å²) in [5.41, 5.74) is 0. The molecule has 0 amide bonds. The Morgan fingerprint density at radius 1 is 1.33 bits per heavy atom. The molecule has 1 fully saturated rings. The molecule has 0 bridgehead atoms. The molecule has 6 heteroatoms. The molecule has 5 nitrogen and oxygen atoms in total. The average molecular weight is 313 g/mol. The SMILES string of the molecule is CCS(=O)(=O)CCn1ccc(N[C@@H]2CC[C@H](C)[C@@H](C)C2)n1. The van der Waals surface area contributed by atoms with Gasteiger partial charge in [0.15, 0.2) is 9.84 Å². The zero-order chi connectivity index (χ0) is 15.5. The van der Waals surface area contributed by atoms with Gasteiger partial charge in [-0.05, 0) is 31.1 Å². The summed E-state index contributed by atoms with van der Waals surface area (Å²) in [7, 11) is -2.93. The lowest BCUT2D eigenvalue weighted by atomic mass is 9.79. The van der Waals surface area contributed by atoms with E-state index in [1.807, 2.05) is 12.3 Å². The summed E-state index contributed by atoms with van der Waals surface area (Å²) < 4.78 is 24.7. The second-order valence-electron chi connectivity index (χ2n) is 6.31. The van der Waals surface area contributed by atoms with E-state index in [2.05, 4.69) is 24.3 Å². The van der Waals surface area contributed by atoms with Crippen LogP contribution in [0.15, 0.2) is 12.3 Å². The Bertz CT molecular complexity index is 553. The van der Waals surface area contributed by atoms with Crippen molar-refractivity contribution in [1.82, 2.24) is 9.78 Å². The molecule has 0 saturated heterocycles. The van der Waals surface area contributed by atoms with E-state index in [1.54, 1.807) is 11.6 Å². The third-order valence-electron chi connectivity index (χ3n) is 4.66. The van der Waals surface area contributed by atoms with Crippen LogP contribution in [-0.4, -0.2) is 35.7 Å². The highest BCUT2D eigenvalue weighted by Crippen LogP contribution is 2.30. The van der Waals surface area contributed by atoms with Crippen LogP contribution in [0.25, 0.3) is 0 Å². The summed E-state index contributed by atoms with van der Waals surface area (Å²) in [6.07, 6.45) is 5.47. The molecule has 1 aromatic heterocycles. The number of sulfone groups is 1. The van der Waals surface area contributed by atoms with Crippen molar-refractivity contribution in [2.45, 2.75) is 52.6 Å². The van der Waals surface area contributed by atoms with Gasteiger partial charge in [0.05, 0.1) is 12.3 Å². The van der Waals surface area contributed by atoms with Crippen LogP contribution in [0.5, 0.6) is 0 Å². The first-order chi connectivity index (χ1) is 9.89. The zero-order valence-corrected chi connectivity index (χ0v) is 14.1. The maximum absolute atomic E-state index is 11.5. The van der Waals surface area contributed by atoms with Crippen molar-refractivity contribution in [3.8, 4) is 0 Å². The molecule has 0 radical (unpaired) electrons. The van der Waals surface area contributed by atoms with Gasteiger partial charge in [0.2, 0.25) is 0 Å². The van der Waals surface area contributed by atoms with E-state index in [-0.39, 0.29) is 11.5 Å². The molecule has 2 rings (SSSR count). The van der Waals surface area contributed by atoms with Crippen LogP contribution in [-0.2, 0) is 16.4 Å². The first-order valence-corrected chi connectivity index (χ1v) is 9.72. The molecule has 1 aliphatic rings. The molecule has 21 heavy (non-hydrogen) atoms. The second-order valence-corrected chi connectivity index (χ2v) is 8.78. The van der Waals surface area contributed by atoms with Crippen LogP contribution >= 0.6 is 0 Å². The minimum Gasteiger partial charge on any atom is -0.366 e. The number of anilines is 1. The molecule has 1 saturated carbocycles. The van der Waals surface area contributed by atoms with Crippen LogP contribution in [0.4, 0.5) is 5.82 Å². The van der Waals surface area contributed by atoms with Crippen molar-refractivity contribution in [3.63, 3.8) is 0 Å². The van der Waals surface area contributed by atoms with Crippen molar-refractivity contribution in [3.05, 3.63) is 12.3 Å². The van der Waals surface area contributed by atoms with E-state index in [0.29, 0.717) is 12.6 Å². The number of nitrogens with one attached hydrogen (secondary N) is 1. The number of rotatable bonds is 6. The maximum atomic E-state index is 11.5. The summed E-state index contributed by atoms with van der Waals surface area (Å²) in [5, 5.41) is 7.91. The van der Waals surface area contributed by atoms with E-state index in [4.69, 9.17) is 0 Å². The molecule has 0 aliphatic heterocycles. The third-order valence-corrected chi connectivity index (χ3v) is 6.35. The van der Waals surface area contributed by atoms with Crippen molar-refractivity contribution in [1.29, 1.82) is 0 Å². The normalized spacial score (nSPS) is 26.7. The number of hydrogen-bond acceptors (Lipinski definition) is 4. The number of aromatic nitrogens is 2. The number of aryl methyl sites for hydroxylation is 1. The van der Waals surface area contributed by atoms with Gasteiger partial charge in [0.25, 0.3) is 0 Å². The lowest BCUT2D eigenvalue weighted by Gasteiger charge is -2.32. The summed E-state index contributed by atoms with van der Waals surface area (Å²) in [6.45, 7) is 6.74. The topological polar surface area (TPSA) is 64.0 Å². The Morgan fingerprint density at radius 2 is 2.10 bits per heavy atom. The summed E-state index contributed by atoms with van der Waals surface area (Å²) >= 11 is 0. The first-order valence-electron chi connectivity index (χ1n) is 7.90. The van der Waals surface area contributed by atoms with Gasteiger partial charge in [-0.3, -0.25) is 4.68 Å². The highest BCUT2D eigenvalue weighted by atomic mass is 32.2. The van der Waals surface area contributed by atoms with Gasteiger partial charge >= 0.3 is 0 Å². The molecule has 0 spiro atoms.